The Morgan fingerprint density at radius 2 is 2.00 bits per heavy atom. The van der Waals surface area contributed by atoms with Crippen molar-refractivity contribution in [3.05, 3.63) is 0 Å². The third kappa shape index (κ3) is 4.88. The molecule has 0 atom stereocenters. The Balaban J connectivity index is 2.49. The maximum atomic E-state index is 12.2. The van der Waals surface area contributed by atoms with Crippen molar-refractivity contribution in [1.29, 1.82) is 0 Å². The largest absolute Gasteiger partial charge is 0.340 e. The zero-order valence-electron chi connectivity index (χ0n) is 11.2. The fraction of sp³-hybridized carbons (Fsp3) is 0.923. The summed E-state index contributed by atoms with van der Waals surface area (Å²) in [7, 11) is 0. The van der Waals surface area contributed by atoms with Gasteiger partial charge < -0.3 is 10.6 Å². The summed E-state index contributed by atoms with van der Waals surface area (Å²) >= 11 is 1.74. The first-order chi connectivity index (χ1) is 8.19. The molecular weight excluding hydrogens is 232 g/mol. The Hall–Kier alpha value is -0.220. The molecule has 0 aromatic carbocycles. The second-order valence-corrected chi connectivity index (χ2v) is 5.88. The van der Waals surface area contributed by atoms with Crippen LogP contribution in [0.25, 0.3) is 0 Å². The summed E-state index contributed by atoms with van der Waals surface area (Å²) in [5, 5.41) is 0. The molecule has 0 spiro atoms. The second-order valence-electron chi connectivity index (χ2n) is 4.90. The van der Waals surface area contributed by atoms with Crippen LogP contribution >= 0.6 is 11.8 Å². The van der Waals surface area contributed by atoms with E-state index in [2.05, 4.69) is 18.1 Å². The summed E-state index contributed by atoms with van der Waals surface area (Å²) in [4.78, 5) is 14.3. The van der Waals surface area contributed by atoms with E-state index in [9.17, 15) is 4.79 Å². The Morgan fingerprint density at radius 1 is 1.35 bits per heavy atom. The van der Waals surface area contributed by atoms with Gasteiger partial charge in [-0.2, -0.15) is 11.8 Å². The van der Waals surface area contributed by atoms with Crippen LogP contribution in [0.5, 0.6) is 0 Å². The minimum Gasteiger partial charge on any atom is -0.340 e. The van der Waals surface area contributed by atoms with Crippen molar-refractivity contribution in [2.75, 3.05) is 18.6 Å². The van der Waals surface area contributed by atoms with Crippen molar-refractivity contribution in [3.8, 4) is 0 Å². The highest BCUT2D eigenvalue weighted by atomic mass is 32.2. The van der Waals surface area contributed by atoms with E-state index in [1.54, 1.807) is 11.8 Å². The number of nitrogens with zero attached hydrogens (tertiary/aromatic N) is 1. The first-order valence-electron chi connectivity index (χ1n) is 6.73. The molecule has 1 saturated carbocycles. The SMILES string of the molecule is CCCN(C(=O)CCSC)C1CCC(N)CC1. The van der Waals surface area contributed by atoms with Gasteiger partial charge in [-0.25, -0.2) is 0 Å². The number of hydrogen-bond donors (Lipinski definition) is 1. The maximum Gasteiger partial charge on any atom is 0.223 e. The number of nitrogens with two attached hydrogens (primary N) is 1. The highest BCUT2D eigenvalue weighted by Gasteiger charge is 2.26. The van der Waals surface area contributed by atoms with Crippen LogP contribution in [0.4, 0.5) is 0 Å². The molecule has 2 N–H and O–H groups in total. The molecule has 0 radical (unpaired) electrons. The third-order valence-corrected chi connectivity index (χ3v) is 4.10. The molecule has 1 aliphatic carbocycles. The van der Waals surface area contributed by atoms with Crippen molar-refractivity contribution in [2.24, 2.45) is 5.73 Å². The van der Waals surface area contributed by atoms with Crippen molar-refractivity contribution >= 4 is 17.7 Å². The highest BCUT2D eigenvalue weighted by Crippen LogP contribution is 2.23. The quantitative estimate of drug-likeness (QED) is 0.795. The van der Waals surface area contributed by atoms with Gasteiger partial charge in [-0.1, -0.05) is 6.92 Å². The topological polar surface area (TPSA) is 46.3 Å². The number of rotatable bonds is 6. The predicted molar refractivity (Wildman–Crippen MR) is 75.2 cm³/mol. The van der Waals surface area contributed by atoms with Gasteiger partial charge in [-0.15, -0.1) is 0 Å². The summed E-state index contributed by atoms with van der Waals surface area (Å²) in [5.41, 5.74) is 5.92. The van der Waals surface area contributed by atoms with Crippen LogP contribution in [0.3, 0.4) is 0 Å². The average molecular weight is 258 g/mol. The molecule has 0 unspecified atom stereocenters. The van der Waals surface area contributed by atoms with Crippen LogP contribution in [-0.2, 0) is 4.79 Å². The smallest absolute Gasteiger partial charge is 0.223 e. The van der Waals surface area contributed by atoms with Crippen LogP contribution in [-0.4, -0.2) is 41.4 Å². The number of amides is 1. The molecule has 1 amide bonds. The summed E-state index contributed by atoms with van der Waals surface area (Å²) in [6, 6.07) is 0.806. The monoisotopic (exact) mass is 258 g/mol. The zero-order valence-corrected chi connectivity index (χ0v) is 12.0. The summed E-state index contributed by atoms with van der Waals surface area (Å²) in [6.07, 6.45) is 8.11. The minimum atomic E-state index is 0.335. The Labute approximate surface area is 109 Å². The van der Waals surface area contributed by atoms with Crippen molar-refractivity contribution in [1.82, 2.24) is 4.90 Å². The van der Waals surface area contributed by atoms with E-state index in [4.69, 9.17) is 5.73 Å². The second kappa shape index (κ2) is 7.98. The van der Waals surface area contributed by atoms with Crippen LogP contribution in [0.1, 0.15) is 45.4 Å². The van der Waals surface area contributed by atoms with E-state index in [1.807, 2.05) is 0 Å². The molecular formula is C13H26N2OS. The molecule has 1 fully saturated rings. The van der Waals surface area contributed by atoms with E-state index in [-0.39, 0.29) is 0 Å². The van der Waals surface area contributed by atoms with Crippen molar-refractivity contribution in [2.45, 2.75) is 57.5 Å². The van der Waals surface area contributed by atoms with Gasteiger partial charge in [-0.3, -0.25) is 4.79 Å². The molecule has 100 valence electrons. The molecule has 17 heavy (non-hydrogen) atoms. The lowest BCUT2D eigenvalue weighted by Crippen LogP contribution is -2.44. The van der Waals surface area contributed by atoms with Crippen LogP contribution in [0.2, 0.25) is 0 Å². The van der Waals surface area contributed by atoms with Gasteiger partial charge in [0.05, 0.1) is 0 Å². The zero-order chi connectivity index (χ0) is 12.7. The Morgan fingerprint density at radius 3 is 2.53 bits per heavy atom. The molecule has 1 rings (SSSR count). The van der Waals surface area contributed by atoms with E-state index in [0.29, 0.717) is 24.4 Å². The molecule has 1 aliphatic rings. The van der Waals surface area contributed by atoms with E-state index in [1.165, 1.54) is 0 Å². The molecule has 0 bridgehead atoms. The van der Waals surface area contributed by atoms with E-state index < -0.39 is 0 Å². The van der Waals surface area contributed by atoms with Gasteiger partial charge in [-0.05, 0) is 38.4 Å². The fourth-order valence-electron chi connectivity index (χ4n) is 2.50. The van der Waals surface area contributed by atoms with E-state index >= 15 is 0 Å². The lowest BCUT2D eigenvalue weighted by molar-refractivity contribution is -0.133. The standard InChI is InChI=1S/C13H26N2OS/c1-3-9-15(13(16)8-10-17-2)12-6-4-11(14)5-7-12/h11-12H,3-10,14H2,1-2H3. The summed E-state index contributed by atoms with van der Waals surface area (Å²) < 4.78 is 0. The highest BCUT2D eigenvalue weighted by molar-refractivity contribution is 7.98. The van der Waals surface area contributed by atoms with Gasteiger partial charge in [0.15, 0.2) is 0 Å². The first kappa shape index (κ1) is 14.8. The van der Waals surface area contributed by atoms with Gasteiger partial charge >= 0.3 is 0 Å². The Bertz CT molecular complexity index is 227. The first-order valence-corrected chi connectivity index (χ1v) is 8.12. The minimum absolute atomic E-state index is 0.335. The van der Waals surface area contributed by atoms with Crippen LogP contribution in [0.15, 0.2) is 0 Å². The molecule has 0 saturated heterocycles. The molecule has 0 aromatic rings. The van der Waals surface area contributed by atoms with Crippen molar-refractivity contribution < 1.29 is 4.79 Å². The average Bonchev–Trinajstić information content (AvgIpc) is 2.34. The lowest BCUT2D eigenvalue weighted by atomic mass is 9.90. The number of thioether (sulfide) groups is 1. The number of hydrogen-bond acceptors (Lipinski definition) is 3. The van der Waals surface area contributed by atoms with Crippen LogP contribution in [0, 0.1) is 0 Å². The summed E-state index contributed by atoms with van der Waals surface area (Å²) in [6.45, 7) is 3.05. The van der Waals surface area contributed by atoms with Gasteiger partial charge in [0.1, 0.15) is 0 Å². The summed E-state index contributed by atoms with van der Waals surface area (Å²) in [5.74, 6) is 1.27. The van der Waals surface area contributed by atoms with Gasteiger partial charge in [0, 0.05) is 30.8 Å². The normalized spacial score (nSPS) is 24.6. The predicted octanol–water partition coefficient (Wildman–Crippen LogP) is 2.25. The number of carbonyl (C=O) groups excluding carboxylic acids is 1. The molecule has 0 aromatic heterocycles. The lowest BCUT2D eigenvalue weighted by Gasteiger charge is -2.36. The van der Waals surface area contributed by atoms with E-state index in [0.717, 1.165) is 44.4 Å². The molecule has 3 nitrogen and oxygen atoms in total. The Kier molecular flexibility index (Phi) is 6.97. The van der Waals surface area contributed by atoms with Crippen LogP contribution < -0.4 is 5.73 Å². The maximum absolute atomic E-state index is 12.2. The van der Waals surface area contributed by atoms with Crippen molar-refractivity contribution in [3.63, 3.8) is 0 Å². The molecule has 0 heterocycles. The fourth-order valence-corrected chi connectivity index (χ4v) is 2.88. The third-order valence-electron chi connectivity index (χ3n) is 3.49. The van der Waals surface area contributed by atoms with Gasteiger partial charge in [0.2, 0.25) is 5.91 Å². The molecule has 0 aliphatic heterocycles. The van der Waals surface area contributed by atoms with Gasteiger partial charge in [0.25, 0.3) is 0 Å². The number of carbonyl (C=O) groups is 1. The molecule has 4 heteroatoms.